The van der Waals surface area contributed by atoms with Crippen LogP contribution in [0.4, 0.5) is 0 Å². The lowest BCUT2D eigenvalue weighted by Gasteiger charge is -2.44. The molecule has 8 nitrogen and oxygen atoms in total. The standard InChI is InChI=1S/C27H55N3O.C17H32O2.C5H14N2/c1-7-9-18-27(19-10-8-2,25-16-12-11-13-17-25)24-26(31)30(22-14-20-28(3)4)23-15-21-29(5)6;1-3-5-12-17(13-6-4-2,14-16(18)19)15-10-8-7-9-11-15;1-7(2)5-3-4-6/h25H,7-24H2,1-6H3;15H,3-14H2,1-2H3,(H,18,19);3-6H2,1-2H3/p+2. The van der Waals surface area contributed by atoms with E-state index in [9.17, 15) is 14.7 Å². The zero-order valence-electron chi connectivity index (χ0n) is 40.2. The molecule has 0 spiro atoms. The van der Waals surface area contributed by atoms with Crippen molar-refractivity contribution in [1.82, 2.24) is 9.80 Å². The Labute approximate surface area is 356 Å². The van der Waals surface area contributed by atoms with Gasteiger partial charge in [-0.3, -0.25) is 9.59 Å². The average molecular weight is 810 g/mol. The fourth-order valence-corrected chi connectivity index (χ4v) is 9.98. The number of carboxylic acid groups (broad SMARTS) is 1. The largest absolute Gasteiger partial charge is 0.481 e. The van der Waals surface area contributed by atoms with Gasteiger partial charge in [0.05, 0.1) is 47.7 Å². The Balaban J connectivity index is 0.00000101. The van der Waals surface area contributed by atoms with Crippen LogP contribution in [0.25, 0.3) is 0 Å². The first kappa shape index (κ1) is 55.8. The van der Waals surface area contributed by atoms with Crippen LogP contribution in [0.1, 0.15) is 201 Å². The number of amides is 1. The van der Waals surface area contributed by atoms with Gasteiger partial charge < -0.3 is 30.4 Å². The minimum atomic E-state index is -0.585. The van der Waals surface area contributed by atoms with Crippen LogP contribution in [0.3, 0.4) is 0 Å². The molecular formula is C49H103N5O3+2. The first-order valence-corrected chi connectivity index (χ1v) is 24.7. The molecule has 0 atom stereocenters. The van der Waals surface area contributed by atoms with Crippen LogP contribution in [0.15, 0.2) is 0 Å². The van der Waals surface area contributed by atoms with E-state index in [0.29, 0.717) is 18.2 Å². The second kappa shape index (κ2) is 34.5. The Bertz CT molecular complexity index is 915. The molecule has 0 saturated heterocycles. The highest BCUT2D eigenvalue weighted by molar-refractivity contribution is 5.77. The Morgan fingerprint density at radius 2 is 0.947 bits per heavy atom. The smallest absolute Gasteiger partial charge is 0.303 e. The second-order valence-electron chi connectivity index (χ2n) is 19.5. The van der Waals surface area contributed by atoms with E-state index >= 15 is 0 Å². The van der Waals surface area contributed by atoms with Gasteiger partial charge in [0.1, 0.15) is 0 Å². The van der Waals surface area contributed by atoms with Crippen LogP contribution in [0, 0.1) is 22.7 Å². The molecule has 0 aromatic heterocycles. The maximum atomic E-state index is 13.8. The molecule has 2 aliphatic rings. The molecule has 2 saturated carbocycles. The molecule has 5 N–H and O–H groups in total. The molecule has 0 aliphatic heterocycles. The van der Waals surface area contributed by atoms with Gasteiger partial charge in [0.15, 0.2) is 0 Å². The number of nitrogens with one attached hydrogen (secondary N) is 2. The van der Waals surface area contributed by atoms with E-state index in [1.165, 1.54) is 138 Å². The molecule has 0 unspecified atom stereocenters. The Kier molecular flexibility index (Phi) is 33.7. The molecule has 0 aromatic carbocycles. The SMILES string of the molecule is CCCCC(CCCC)(CC(=O)N(CCC[NH+](C)C)CCC[NH+](C)C)C1CCCCC1.CCCCC(CCCC)(CC(=O)O)C1CCCCC1.CN(C)CCCN. The summed E-state index contributed by atoms with van der Waals surface area (Å²) >= 11 is 0. The van der Waals surface area contributed by atoms with E-state index in [4.69, 9.17) is 5.73 Å². The van der Waals surface area contributed by atoms with Crippen LogP contribution in [0.5, 0.6) is 0 Å². The fourth-order valence-electron chi connectivity index (χ4n) is 9.98. The van der Waals surface area contributed by atoms with Crippen LogP contribution in [0.2, 0.25) is 0 Å². The highest BCUT2D eigenvalue weighted by Gasteiger charge is 2.41. The summed E-state index contributed by atoms with van der Waals surface area (Å²) in [6.07, 6.45) is 32.5. The van der Waals surface area contributed by atoms with Crippen LogP contribution in [-0.2, 0) is 9.59 Å². The lowest BCUT2D eigenvalue weighted by atomic mass is 9.62. The number of nitrogens with zero attached hydrogens (tertiary/aromatic N) is 2. The summed E-state index contributed by atoms with van der Waals surface area (Å²) < 4.78 is 0. The van der Waals surface area contributed by atoms with Crippen molar-refractivity contribution in [3.8, 4) is 0 Å². The third-order valence-electron chi connectivity index (χ3n) is 13.4. The summed E-state index contributed by atoms with van der Waals surface area (Å²) in [7, 11) is 13.0. The van der Waals surface area contributed by atoms with Crippen molar-refractivity contribution in [2.75, 3.05) is 81.6 Å². The number of aliphatic carboxylic acids is 1. The number of nitrogens with two attached hydrogens (primary N) is 1. The van der Waals surface area contributed by atoms with Crippen molar-refractivity contribution in [1.29, 1.82) is 0 Å². The third kappa shape index (κ3) is 25.9. The normalized spacial score (nSPS) is 15.7. The number of carbonyl (C=O) groups excluding carboxylic acids is 1. The zero-order chi connectivity index (χ0) is 43.0. The quantitative estimate of drug-likeness (QED) is 0.0608. The Morgan fingerprint density at radius 1 is 0.579 bits per heavy atom. The van der Waals surface area contributed by atoms with E-state index < -0.39 is 5.97 Å². The first-order chi connectivity index (χ1) is 27.3. The monoisotopic (exact) mass is 810 g/mol. The third-order valence-corrected chi connectivity index (χ3v) is 13.4. The lowest BCUT2D eigenvalue weighted by Crippen LogP contribution is -3.05. The van der Waals surface area contributed by atoms with Crippen LogP contribution >= 0.6 is 0 Å². The predicted molar refractivity (Wildman–Crippen MR) is 246 cm³/mol. The average Bonchev–Trinajstić information content (AvgIpc) is 3.19. The van der Waals surface area contributed by atoms with Crippen LogP contribution < -0.4 is 15.5 Å². The molecule has 2 aliphatic carbocycles. The molecular weight excluding hydrogens is 707 g/mol. The summed E-state index contributed by atoms with van der Waals surface area (Å²) in [6, 6.07) is 0. The van der Waals surface area contributed by atoms with Crippen LogP contribution in [-0.4, -0.2) is 108 Å². The van der Waals surface area contributed by atoms with Gasteiger partial charge in [-0.05, 0) is 108 Å². The van der Waals surface area contributed by atoms with Gasteiger partial charge in [-0.15, -0.1) is 0 Å². The molecule has 0 heterocycles. The number of rotatable bonds is 29. The highest BCUT2D eigenvalue weighted by Crippen LogP contribution is 2.49. The van der Waals surface area contributed by atoms with Gasteiger partial charge in [0.25, 0.3) is 0 Å². The van der Waals surface area contributed by atoms with E-state index in [2.05, 4.69) is 79.8 Å². The first-order valence-electron chi connectivity index (χ1n) is 24.7. The van der Waals surface area contributed by atoms with Gasteiger partial charge in [0, 0.05) is 32.4 Å². The van der Waals surface area contributed by atoms with Crippen molar-refractivity contribution in [2.24, 2.45) is 28.4 Å². The van der Waals surface area contributed by atoms with E-state index in [1.54, 1.807) is 0 Å². The fraction of sp³-hybridized carbons (Fsp3) is 0.959. The molecule has 0 aromatic rings. The molecule has 57 heavy (non-hydrogen) atoms. The summed E-state index contributed by atoms with van der Waals surface area (Å²) in [6.45, 7) is 15.1. The van der Waals surface area contributed by atoms with Crippen molar-refractivity contribution in [2.45, 2.75) is 201 Å². The maximum Gasteiger partial charge on any atom is 0.303 e. The van der Waals surface area contributed by atoms with Crippen molar-refractivity contribution in [3.05, 3.63) is 0 Å². The summed E-state index contributed by atoms with van der Waals surface area (Å²) in [5.41, 5.74) is 5.60. The van der Waals surface area contributed by atoms with Gasteiger partial charge >= 0.3 is 5.97 Å². The molecule has 340 valence electrons. The van der Waals surface area contributed by atoms with Crippen molar-refractivity contribution in [3.63, 3.8) is 0 Å². The van der Waals surface area contributed by atoms with Crippen molar-refractivity contribution >= 4 is 11.9 Å². The van der Waals surface area contributed by atoms with E-state index in [-0.39, 0.29) is 10.8 Å². The summed E-state index contributed by atoms with van der Waals surface area (Å²) in [4.78, 5) is 32.5. The minimum absolute atomic E-state index is 0.0955. The van der Waals surface area contributed by atoms with Crippen molar-refractivity contribution < 1.29 is 24.5 Å². The van der Waals surface area contributed by atoms with Gasteiger partial charge in [-0.25, -0.2) is 0 Å². The molecule has 0 radical (unpaired) electrons. The van der Waals surface area contributed by atoms with Gasteiger partial charge in [-0.2, -0.15) is 0 Å². The molecule has 2 fully saturated rings. The Morgan fingerprint density at radius 3 is 1.23 bits per heavy atom. The summed E-state index contributed by atoms with van der Waals surface area (Å²) in [5.74, 6) is 1.30. The topological polar surface area (TPSA) is 95.8 Å². The number of carboxylic acids is 1. The number of carbonyl (C=O) groups is 2. The lowest BCUT2D eigenvalue weighted by molar-refractivity contribution is -0.858. The van der Waals surface area contributed by atoms with E-state index in [1.807, 2.05) is 0 Å². The number of hydrogen-bond acceptors (Lipinski definition) is 4. The minimum Gasteiger partial charge on any atom is -0.481 e. The van der Waals surface area contributed by atoms with Gasteiger partial charge in [-0.1, -0.05) is 118 Å². The predicted octanol–water partition coefficient (Wildman–Crippen LogP) is 8.53. The summed E-state index contributed by atoms with van der Waals surface area (Å²) in [5, 5.41) is 9.38. The maximum absolute atomic E-state index is 13.8. The highest BCUT2D eigenvalue weighted by atomic mass is 16.4. The molecule has 1 amide bonds. The van der Waals surface area contributed by atoms with E-state index in [0.717, 1.165) is 83.7 Å². The molecule has 8 heteroatoms. The number of quaternary nitrogens is 2. The number of hydrogen-bond donors (Lipinski definition) is 4. The number of unbranched alkanes of at least 4 members (excludes halogenated alkanes) is 4. The van der Waals surface area contributed by atoms with Gasteiger partial charge in [0.2, 0.25) is 5.91 Å². The molecule has 2 rings (SSSR count). The second-order valence-corrected chi connectivity index (χ2v) is 19.5. The zero-order valence-corrected chi connectivity index (χ0v) is 40.2. The Hall–Kier alpha value is -1.22. The molecule has 0 bridgehead atoms.